The van der Waals surface area contributed by atoms with Crippen LogP contribution >= 0.6 is 27.5 Å². The molecule has 0 aliphatic rings. The first-order chi connectivity index (χ1) is 18.5. The van der Waals surface area contributed by atoms with Gasteiger partial charge >= 0.3 is 6.03 Å². The molecular formula is C28H24BrClN6O2. The van der Waals surface area contributed by atoms with Gasteiger partial charge in [0.1, 0.15) is 11.6 Å². The lowest BCUT2D eigenvalue weighted by Crippen LogP contribution is -2.28. The maximum atomic E-state index is 12.3. The molecule has 5 rings (SSSR count). The fourth-order valence-corrected chi connectivity index (χ4v) is 4.48. The minimum absolute atomic E-state index is 0.287. The van der Waals surface area contributed by atoms with E-state index < -0.39 is 0 Å². The third-order valence-electron chi connectivity index (χ3n) is 5.86. The molecule has 2 aromatic heterocycles. The summed E-state index contributed by atoms with van der Waals surface area (Å²) in [5.74, 6) is 1.47. The molecule has 0 unspecified atom stereocenters. The molecule has 38 heavy (non-hydrogen) atoms. The molecule has 0 fully saturated rings. The Morgan fingerprint density at radius 1 is 1.00 bits per heavy atom. The van der Waals surface area contributed by atoms with Gasteiger partial charge in [0.25, 0.3) is 0 Å². The summed E-state index contributed by atoms with van der Waals surface area (Å²) in [6.07, 6.45) is 1.72. The van der Waals surface area contributed by atoms with Gasteiger partial charge in [-0.1, -0.05) is 60.1 Å². The highest BCUT2D eigenvalue weighted by Gasteiger charge is 2.13. The molecule has 192 valence electrons. The lowest BCUT2D eigenvalue weighted by molar-refractivity contribution is 0.251. The largest absolute Gasteiger partial charge is 0.497 e. The van der Waals surface area contributed by atoms with Crippen molar-refractivity contribution in [3.05, 3.63) is 106 Å². The monoisotopic (exact) mass is 590 g/mol. The van der Waals surface area contributed by atoms with Crippen molar-refractivity contribution in [1.29, 1.82) is 0 Å². The number of carbonyl (C=O) groups is 1. The number of carbonyl (C=O) groups excluding carboxylic acids is 1. The van der Waals surface area contributed by atoms with E-state index in [1.165, 1.54) is 0 Å². The highest BCUT2D eigenvalue weighted by Crippen LogP contribution is 2.30. The van der Waals surface area contributed by atoms with Gasteiger partial charge in [0.2, 0.25) is 0 Å². The van der Waals surface area contributed by atoms with Crippen LogP contribution in [0, 0.1) is 0 Å². The summed E-state index contributed by atoms with van der Waals surface area (Å²) in [5, 5.41) is 14.2. The highest BCUT2D eigenvalue weighted by molar-refractivity contribution is 9.10. The van der Waals surface area contributed by atoms with Gasteiger partial charge in [-0.3, -0.25) is 0 Å². The number of rotatable bonds is 8. The van der Waals surface area contributed by atoms with Crippen LogP contribution in [0.3, 0.4) is 0 Å². The van der Waals surface area contributed by atoms with Gasteiger partial charge < -0.3 is 20.7 Å². The standard InChI is InChI=1S/C28H24BrClN6O2/c1-38-21-6-4-5-20(13-21)34-28(37)32-16-19-11-9-18(10-12-19)15-31-26-14-25(22-7-2-3-8-24(22)30)35-27-23(29)17-33-36(26)27/h2-14,17,31H,15-16H2,1H3,(H2,32,34,37). The molecule has 10 heteroatoms. The molecule has 3 N–H and O–H groups in total. The van der Waals surface area contributed by atoms with Crippen molar-refractivity contribution in [3.8, 4) is 17.0 Å². The second-order valence-electron chi connectivity index (χ2n) is 8.44. The summed E-state index contributed by atoms with van der Waals surface area (Å²) >= 11 is 9.97. The number of amides is 2. The summed E-state index contributed by atoms with van der Waals surface area (Å²) in [7, 11) is 1.59. The topological polar surface area (TPSA) is 92.6 Å². The number of aromatic nitrogens is 3. The Morgan fingerprint density at radius 3 is 2.53 bits per heavy atom. The number of urea groups is 1. The fraction of sp³-hybridized carbons (Fsp3) is 0.107. The summed E-state index contributed by atoms with van der Waals surface area (Å²) in [6.45, 7) is 0.972. The number of ether oxygens (including phenoxy) is 1. The number of nitrogens with zero attached hydrogens (tertiary/aromatic N) is 3. The second kappa shape index (κ2) is 11.5. The first-order valence-electron chi connectivity index (χ1n) is 11.8. The summed E-state index contributed by atoms with van der Waals surface area (Å²) in [5.41, 5.74) is 5.01. The van der Waals surface area contributed by atoms with E-state index in [1.54, 1.807) is 30.0 Å². The SMILES string of the molecule is COc1cccc(NC(=O)NCc2ccc(CNc3cc(-c4ccccc4Cl)nc4c(Br)cnn34)cc2)c1. The number of benzene rings is 3. The maximum absolute atomic E-state index is 12.3. The molecule has 0 spiro atoms. The van der Waals surface area contributed by atoms with Crippen molar-refractivity contribution >= 4 is 50.7 Å². The quantitative estimate of drug-likeness (QED) is 0.186. The van der Waals surface area contributed by atoms with Crippen molar-refractivity contribution in [1.82, 2.24) is 19.9 Å². The van der Waals surface area contributed by atoms with E-state index in [-0.39, 0.29) is 6.03 Å². The number of hydrogen-bond acceptors (Lipinski definition) is 5. The number of halogens is 2. The predicted molar refractivity (Wildman–Crippen MR) is 154 cm³/mol. The van der Waals surface area contributed by atoms with Crippen LogP contribution in [0.2, 0.25) is 5.02 Å². The van der Waals surface area contributed by atoms with E-state index in [0.29, 0.717) is 35.2 Å². The highest BCUT2D eigenvalue weighted by atomic mass is 79.9. The number of nitrogens with one attached hydrogen (secondary N) is 3. The Labute approximate surface area is 233 Å². The minimum Gasteiger partial charge on any atom is -0.497 e. The molecule has 8 nitrogen and oxygen atoms in total. The Bertz CT molecular complexity index is 1590. The van der Waals surface area contributed by atoms with Crippen LogP contribution in [0.5, 0.6) is 5.75 Å². The first-order valence-corrected chi connectivity index (χ1v) is 13.0. The summed E-state index contributed by atoms with van der Waals surface area (Å²) < 4.78 is 7.73. The predicted octanol–water partition coefficient (Wildman–Crippen LogP) is 6.75. The van der Waals surface area contributed by atoms with Gasteiger partial charge in [-0.2, -0.15) is 9.61 Å². The Morgan fingerprint density at radius 2 is 1.76 bits per heavy atom. The van der Waals surface area contributed by atoms with E-state index >= 15 is 0 Å². The molecule has 0 radical (unpaired) electrons. The van der Waals surface area contributed by atoms with Crippen molar-refractivity contribution < 1.29 is 9.53 Å². The number of hydrogen-bond donors (Lipinski definition) is 3. The molecule has 0 aliphatic carbocycles. The molecule has 3 aromatic carbocycles. The van der Waals surface area contributed by atoms with Crippen LogP contribution in [-0.2, 0) is 13.1 Å². The van der Waals surface area contributed by atoms with E-state index in [9.17, 15) is 4.79 Å². The first kappa shape index (κ1) is 25.6. The van der Waals surface area contributed by atoms with Crippen molar-refractivity contribution in [3.63, 3.8) is 0 Å². The Hall–Kier alpha value is -4.08. The van der Waals surface area contributed by atoms with Crippen LogP contribution in [0.25, 0.3) is 16.9 Å². The molecule has 0 bridgehead atoms. The van der Waals surface area contributed by atoms with E-state index in [4.69, 9.17) is 21.3 Å². The summed E-state index contributed by atoms with van der Waals surface area (Å²) in [4.78, 5) is 17.0. The molecule has 0 aliphatic heterocycles. The van der Waals surface area contributed by atoms with Gasteiger partial charge in [0.05, 0.1) is 23.5 Å². The average molecular weight is 592 g/mol. The molecule has 2 amide bonds. The zero-order chi connectivity index (χ0) is 26.5. The number of fused-ring (bicyclic) bond motifs is 1. The third kappa shape index (κ3) is 5.90. The zero-order valence-electron chi connectivity index (χ0n) is 20.4. The van der Waals surface area contributed by atoms with Gasteiger partial charge in [0, 0.05) is 41.5 Å². The lowest BCUT2D eigenvalue weighted by atomic mass is 10.1. The normalized spacial score (nSPS) is 10.8. The van der Waals surface area contributed by atoms with Crippen LogP contribution in [0.1, 0.15) is 11.1 Å². The van der Waals surface area contributed by atoms with Gasteiger partial charge in [0.15, 0.2) is 5.65 Å². The molecule has 0 saturated heterocycles. The van der Waals surface area contributed by atoms with Crippen molar-refractivity contribution in [2.45, 2.75) is 13.1 Å². The maximum Gasteiger partial charge on any atom is 0.319 e. The number of anilines is 2. The van der Waals surface area contributed by atoms with Crippen LogP contribution in [-0.4, -0.2) is 27.7 Å². The van der Waals surface area contributed by atoms with Crippen LogP contribution in [0.4, 0.5) is 16.3 Å². The molecule has 5 aromatic rings. The molecule has 0 atom stereocenters. The number of methoxy groups -OCH3 is 1. The van der Waals surface area contributed by atoms with Crippen LogP contribution < -0.4 is 20.7 Å². The zero-order valence-corrected chi connectivity index (χ0v) is 22.8. The minimum atomic E-state index is -0.287. The van der Waals surface area contributed by atoms with E-state index in [0.717, 1.165) is 32.7 Å². The average Bonchev–Trinajstić information content (AvgIpc) is 3.32. The third-order valence-corrected chi connectivity index (χ3v) is 6.74. The van der Waals surface area contributed by atoms with Crippen molar-refractivity contribution in [2.75, 3.05) is 17.7 Å². The van der Waals surface area contributed by atoms with Crippen molar-refractivity contribution in [2.24, 2.45) is 0 Å². The van der Waals surface area contributed by atoms with Crippen LogP contribution in [0.15, 0.2) is 89.5 Å². The fourth-order valence-electron chi connectivity index (χ4n) is 3.89. The molecule has 0 saturated carbocycles. The smallest absolute Gasteiger partial charge is 0.319 e. The Kier molecular flexibility index (Phi) is 7.76. The second-order valence-corrected chi connectivity index (χ2v) is 9.71. The molecule has 2 heterocycles. The lowest BCUT2D eigenvalue weighted by Gasteiger charge is -2.12. The Balaban J connectivity index is 1.23. The summed E-state index contributed by atoms with van der Waals surface area (Å²) in [6, 6.07) is 24.5. The van der Waals surface area contributed by atoms with Gasteiger partial charge in [-0.15, -0.1) is 0 Å². The van der Waals surface area contributed by atoms with E-state index in [2.05, 4.69) is 37.0 Å². The van der Waals surface area contributed by atoms with Gasteiger partial charge in [-0.25, -0.2) is 9.78 Å². The van der Waals surface area contributed by atoms with Gasteiger partial charge in [-0.05, 0) is 45.3 Å². The molecular weight excluding hydrogens is 568 g/mol. The van der Waals surface area contributed by atoms with E-state index in [1.807, 2.05) is 66.7 Å².